The molecule has 1 fully saturated rings. The maximum atomic E-state index is 5.78. The van der Waals surface area contributed by atoms with Gasteiger partial charge in [-0.05, 0) is 43.9 Å². The van der Waals surface area contributed by atoms with Gasteiger partial charge in [-0.25, -0.2) is 0 Å². The van der Waals surface area contributed by atoms with E-state index in [1.165, 1.54) is 5.56 Å². The Morgan fingerprint density at radius 2 is 2.23 bits per heavy atom. The summed E-state index contributed by atoms with van der Waals surface area (Å²) < 4.78 is 11.1. The standard InChI is InChI=1S/C17H27N3O2/c1-13-10-14(6-7-15(13)21-4)11-19-16(18-3)20-12-17(2)8-5-9-22-17/h6-7,10H,5,8-9,11-12H2,1-4H3,(H2,18,19,20). The Morgan fingerprint density at radius 1 is 1.41 bits per heavy atom. The fourth-order valence-electron chi connectivity index (χ4n) is 2.70. The molecule has 1 aliphatic rings. The molecule has 22 heavy (non-hydrogen) atoms. The molecular weight excluding hydrogens is 278 g/mol. The molecule has 0 aromatic heterocycles. The molecule has 1 aromatic carbocycles. The van der Waals surface area contributed by atoms with Crippen molar-refractivity contribution >= 4 is 5.96 Å². The predicted molar refractivity (Wildman–Crippen MR) is 89.5 cm³/mol. The summed E-state index contributed by atoms with van der Waals surface area (Å²) in [5.74, 6) is 1.71. The highest BCUT2D eigenvalue weighted by Crippen LogP contribution is 2.23. The quantitative estimate of drug-likeness (QED) is 0.647. The van der Waals surface area contributed by atoms with E-state index in [0.717, 1.165) is 49.8 Å². The van der Waals surface area contributed by atoms with E-state index in [2.05, 4.69) is 34.7 Å². The fourth-order valence-corrected chi connectivity index (χ4v) is 2.70. The molecule has 0 spiro atoms. The first kappa shape index (κ1) is 16.6. The SMILES string of the molecule is CN=C(NCc1ccc(OC)c(C)c1)NCC1(C)CCCO1. The van der Waals surface area contributed by atoms with Gasteiger partial charge >= 0.3 is 0 Å². The lowest BCUT2D eigenvalue weighted by molar-refractivity contribution is 0.0243. The van der Waals surface area contributed by atoms with Gasteiger partial charge in [0.1, 0.15) is 5.75 Å². The summed E-state index contributed by atoms with van der Waals surface area (Å²) in [7, 11) is 3.48. The first-order valence-corrected chi connectivity index (χ1v) is 7.78. The molecule has 0 saturated carbocycles. The van der Waals surface area contributed by atoms with Crippen molar-refractivity contribution in [1.29, 1.82) is 0 Å². The van der Waals surface area contributed by atoms with Gasteiger partial charge in [-0.3, -0.25) is 4.99 Å². The van der Waals surface area contributed by atoms with E-state index in [4.69, 9.17) is 9.47 Å². The van der Waals surface area contributed by atoms with Crippen LogP contribution >= 0.6 is 0 Å². The lowest BCUT2D eigenvalue weighted by Crippen LogP contribution is -2.45. The van der Waals surface area contributed by atoms with E-state index in [1.807, 2.05) is 13.0 Å². The smallest absolute Gasteiger partial charge is 0.191 e. The largest absolute Gasteiger partial charge is 0.496 e. The van der Waals surface area contributed by atoms with Crippen molar-refractivity contribution < 1.29 is 9.47 Å². The average molecular weight is 305 g/mol. The lowest BCUT2D eigenvalue weighted by atomic mass is 10.0. The number of methoxy groups -OCH3 is 1. The molecule has 5 nitrogen and oxygen atoms in total. The van der Waals surface area contributed by atoms with Gasteiger partial charge in [-0.2, -0.15) is 0 Å². The number of aryl methyl sites for hydroxylation is 1. The molecule has 0 amide bonds. The minimum atomic E-state index is -0.0751. The lowest BCUT2D eigenvalue weighted by Gasteiger charge is -2.24. The van der Waals surface area contributed by atoms with Gasteiger partial charge in [0.05, 0.1) is 12.7 Å². The van der Waals surface area contributed by atoms with Crippen LogP contribution in [0.4, 0.5) is 0 Å². The molecule has 0 bridgehead atoms. The van der Waals surface area contributed by atoms with Gasteiger partial charge in [-0.1, -0.05) is 12.1 Å². The maximum absolute atomic E-state index is 5.78. The second-order valence-corrected chi connectivity index (χ2v) is 5.99. The molecular formula is C17H27N3O2. The Morgan fingerprint density at radius 3 is 2.82 bits per heavy atom. The van der Waals surface area contributed by atoms with Crippen LogP contribution in [0.5, 0.6) is 5.75 Å². The highest BCUT2D eigenvalue weighted by Gasteiger charge is 2.29. The van der Waals surface area contributed by atoms with Crippen LogP contribution < -0.4 is 15.4 Å². The van der Waals surface area contributed by atoms with Crippen LogP contribution in [0, 0.1) is 6.92 Å². The van der Waals surface area contributed by atoms with Crippen LogP contribution in [0.2, 0.25) is 0 Å². The van der Waals surface area contributed by atoms with Crippen LogP contribution in [0.15, 0.2) is 23.2 Å². The zero-order chi connectivity index (χ0) is 16.0. The topological polar surface area (TPSA) is 54.9 Å². The third kappa shape index (κ3) is 4.37. The first-order chi connectivity index (χ1) is 10.6. The predicted octanol–water partition coefficient (Wildman–Crippen LogP) is 2.24. The molecule has 1 unspecified atom stereocenters. The molecule has 5 heteroatoms. The number of guanidine groups is 1. The number of rotatable bonds is 5. The molecule has 0 aliphatic carbocycles. The van der Waals surface area contributed by atoms with Crippen molar-refractivity contribution in [2.75, 3.05) is 27.3 Å². The Labute approximate surface area is 133 Å². The molecule has 0 radical (unpaired) electrons. The van der Waals surface area contributed by atoms with Crippen LogP contribution in [-0.2, 0) is 11.3 Å². The van der Waals surface area contributed by atoms with E-state index < -0.39 is 0 Å². The van der Waals surface area contributed by atoms with Crippen molar-refractivity contribution in [1.82, 2.24) is 10.6 Å². The van der Waals surface area contributed by atoms with Crippen molar-refractivity contribution in [2.24, 2.45) is 4.99 Å². The van der Waals surface area contributed by atoms with E-state index in [-0.39, 0.29) is 5.60 Å². The fraction of sp³-hybridized carbons (Fsp3) is 0.588. The second-order valence-electron chi connectivity index (χ2n) is 5.99. The van der Waals surface area contributed by atoms with Gasteiger partial charge < -0.3 is 20.1 Å². The molecule has 1 heterocycles. The number of benzene rings is 1. The summed E-state index contributed by atoms with van der Waals surface area (Å²) in [4.78, 5) is 4.27. The number of nitrogens with one attached hydrogen (secondary N) is 2. The van der Waals surface area contributed by atoms with Crippen molar-refractivity contribution in [3.05, 3.63) is 29.3 Å². The summed E-state index contributed by atoms with van der Waals surface area (Å²) in [6.07, 6.45) is 2.23. The molecule has 122 valence electrons. The summed E-state index contributed by atoms with van der Waals surface area (Å²) in [6.45, 7) is 6.55. The first-order valence-electron chi connectivity index (χ1n) is 7.78. The normalized spacial score (nSPS) is 21.7. The van der Waals surface area contributed by atoms with E-state index >= 15 is 0 Å². The van der Waals surface area contributed by atoms with E-state index in [9.17, 15) is 0 Å². The van der Waals surface area contributed by atoms with Crippen LogP contribution in [0.25, 0.3) is 0 Å². The van der Waals surface area contributed by atoms with E-state index in [1.54, 1.807) is 14.2 Å². The Kier molecular flexibility index (Phi) is 5.66. The van der Waals surface area contributed by atoms with Crippen molar-refractivity contribution in [3.8, 4) is 5.75 Å². The molecule has 1 atom stereocenters. The van der Waals surface area contributed by atoms with Crippen molar-refractivity contribution in [3.63, 3.8) is 0 Å². The molecule has 2 N–H and O–H groups in total. The highest BCUT2D eigenvalue weighted by atomic mass is 16.5. The monoisotopic (exact) mass is 305 g/mol. The maximum Gasteiger partial charge on any atom is 0.191 e. The number of ether oxygens (including phenoxy) is 2. The minimum absolute atomic E-state index is 0.0751. The molecule has 1 aliphatic heterocycles. The van der Waals surface area contributed by atoms with Gasteiger partial charge in [0.15, 0.2) is 5.96 Å². The molecule has 1 saturated heterocycles. The summed E-state index contributed by atoms with van der Waals surface area (Å²) >= 11 is 0. The van der Waals surface area contributed by atoms with Gasteiger partial charge in [-0.15, -0.1) is 0 Å². The summed E-state index contributed by atoms with van der Waals surface area (Å²) in [5, 5.41) is 6.68. The Hall–Kier alpha value is -1.75. The summed E-state index contributed by atoms with van der Waals surface area (Å²) in [5.41, 5.74) is 2.26. The van der Waals surface area contributed by atoms with Crippen molar-refractivity contribution in [2.45, 2.75) is 38.8 Å². The number of nitrogens with zero attached hydrogens (tertiary/aromatic N) is 1. The summed E-state index contributed by atoms with van der Waals surface area (Å²) in [6, 6.07) is 6.18. The molecule has 1 aromatic rings. The number of hydrogen-bond donors (Lipinski definition) is 2. The zero-order valence-corrected chi connectivity index (χ0v) is 14.0. The Balaban J connectivity index is 1.84. The van der Waals surface area contributed by atoms with Gasteiger partial charge in [0.2, 0.25) is 0 Å². The highest BCUT2D eigenvalue weighted by molar-refractivity contribution is 5.79. The number of hydrogen-bond acceptors (Lipinski definition) is 3. The van der Waals surface area contributed by atoms with E-state index in [0.29, 0.717) is 0 Å². The second kappa shape index (κ2) is 7.49. The minimum Gasteiger partial charge on any atom is -0.496 e. The third-order valence-corrected chi connectivity index (χ3v) is 4.07. The average Bonchev–Trinajstić information content (AvgIpc) is 2.94. The third-order valence-electron chi connectivity index (χ3n) is 4.07. The van der Waals surface area contributed by atoms with Crippen LogP contribution in [0.1, 0.15) is 30.9 Å². The van der Waals surface area contributed by atoms with Crippen LogP contribution in [-0.4, -0.2) is 38.9 Å². The zero-order valence-electron chi connectivity index (χ0n) is 14.0. The number of aliphatic imine (C=N–C) groups is 1. The van der Waals surface area contributed by atoms with Crippen LogP contribution in [0.3, 0.4) is 0 Å². The molecule has 2 rings (SSSR count). The van der Waals surface area contributed by atoms with Gasteiger partial charge in [0, 0.05) is 26.7 Å². The Bertz CT molecular complexity index is 523. The van der Waals surface area contributed by atoms with Gasteiger partial charge in [0.25, 0.3) is 0 Å².